The van der Waals surface area contributed by atoms with Gasteiger partial charge in [0, 0.05) is 17.0 Å². The number of nitrogen functional groups attached to an aromatic ring is 1. The number of nitrogens with zero attached hydrogens (tertiary/aromatic N) is 2. The molecule has 0 atom stereocenters. The van der Waals surface area contributed by atoms with E-state index in [0.29, 0.717) is 5.82 Å². The maximum atomic E-state index is 5.67. The van der Waals surface area contributed by atoms with Gasteiger partial charge in [-0.25, -0.2) is 4.98 Å². The van der Waals surface area contributed by atoms with Crippen LogP contribution in [0.5, 0.6) is 0 Å². The number of nitrogens with two attached hydrogens (primary N) is 1. The van der Waals surface area contributed by atoms with Crippen molar-refractivity contribution in [3.8, 4) is 11.1 Å². The third-order valence-electron chi connectivity index (χ3n) is 2.11. The molecule has 2 rings (SSSR count). The Labute approximate surface area is 82.2 Å². The molecule has 2 heterocycles. The highest BCUT2D eigenvalue weighted by Crippen LogP contribution is 2.23. The molecule has 0 saturated carbocycles. The van der Waals surface area contributed by atoms with Gasteiger partial charge in [0.1, 0.15) is 5.82 Å². The predicted molar refractivity (Wildman–Crippen MR) is 55.7 cm³/mol. The largest absolute Gasteiger partial charge is 0.384 e. The van der Waals surface area contributed by atoms with Crippen LogP contribution in [0.1, 0.15) is 11.4 Å². The first-order chi connectivity index (χ1) is 6.66. The molecule has 4 nitrogen and oxygen atoms in total. The second kappa shape index (κ2) is 3.14. The molecule has 2 aromatic rings. The maximum absolute atomic E-state index is 5.67. The molecule has 0 spiro atoms. The van der Waals surface area contributed by atoms with Crippen molar-refractivity contribution in [3.63, 3.8) is 0 Å². The monoisotopic (exact) mass is 188 g/mol. The Morgan fingerprint density at radius 2 is 2.07 bits per heavy atom. The van der Waals surface area contributed by atoms with Crippen LogP contribution in [0.15, 0.2) is 18.3 Å². The van der Waals surface area contributed by atoms with Crippen molar-refractivity contribution in [3.05, 3.63) is 29.7 Å². The van der Waals surface area contributed by atoms with Gasteiger partial charge in [-0.2, -0.15) is 5.10 Å². The van der Waals surface area contributed by atoms with Gasteiger partial charge in [0.25, 0.3) is 0 Å². The Morgan fingerprint density at radius 1 is 1.29 bits per heavy atom. The van der Waals surface area contributed by atoms with E-state index in [0.717, 1.165) is 22.5 Å². The summed E-state index contributed by atoms with van der Waals surface area (Å²) in [5, 5.41) is 6.87. The van der Waals surface area contributed by atoms with Crippen LogP contribution in [0, 0.1) is 13.8 Å². The molecule has 0 saturated heterocycles. The molecule has 3 N–H and O–H groups in total. The normalized spacial score (nSPS) is 10.4. The highest BCUT2D eigenvalue weighted by Gasteiger charge is 2.05. The second-order valence-electron chi connectivity index (χ2n) is 3.33. The molecule has 72 valence electrons. The average molecular weight is 188 g/mol. The van der Waals surface area contributed by atoms with Gasteiger partial charge in [0.2, 0.25) is 0 Å². The van der Waals surface area contributed by atoms with Crippen LogP contribution in [-0.4, -0.2) is 15.2 Å². The number of hydrogen-bond acceptors (Lipinski definition) is 3. The van der Waals surface area contributed by atoms with Crippen molar-refractivity contribution in [2.45, 2.75) is 13.8 Å². The molecule has 14 heavy (non-hydrogen) atoms. The van der Waals surface area contributed by atoms with Gasteiger partial charge in [-0.3, -0.25) is 5.10 Å². The van der Waals surface area contributed by atoms with Crippen LogP contribution < -0.4 is 5.73 Å². The summed E-state index contributed by atoms with van der Waals surface area (Å²) in [4.78, 5) is 4.12. The standard InChI is InChI=1S/C10H12N4/c1-6-3-8(4-10(11)13-6)9-5-12-14-7(9)2/h3-5H,1-2H3,(H2,11,13)(H,12,14). The van der Waals surface area contributed by atoms with Gasteiger partial charge < -0.3 is 5.73 Å². The van der Waals surface area contributed by atoms with Crippen LogP contribution in [0.25, 0.3) is 11.1 Å². The Morgan fingerprint density at radius 3 is 2.64 bits per heavy atom. The lowest BCUT2D eigenvalue weighted by atomic mass is 10.1. The first-order valence-corrected chi connectivity index (χ1v) is 4.41. The zero-order chi connectivity index (χ0) is 10.1. The highest BCUT2D eigenvalue weighted by atomic mass is 15.1. The lowest BCUT2D eigenvalue weighted by molar-refractivity contribution is 1.05. The number of rotatable bonds is 1. The van der Waals surface area contributed by atoms with E-state index >= 15 is 0 Å². The van der Waals surface area contributed by atoms with E-state index in [1.165, 1.54) is 0 Å². The molecule has 0 unspecified atom stereocenters. The van der Waals surface area contributed by atoms with Crippen LogP contribution >= 0.6 is 0 Å². The number of H-pyrrole nitrogens is 1. The lowest BCUT2D eigenvalue weighted by Crippen LogP contribution is -1.93. The first kappa shape index (κ1) is 8.74. The number of aryl methyl sites for hydroxylation is 2. The summed E-state index contributed by atoms with van der Waals surface area (Å²) in [6, 6.07) is 3.85. The minimum absolute atomic E-state index is 0.542. The van der Waals surface area contributed by atoms with Gasteiger partial charge in [-0.05, 0) is 31.5 Å². The fourth-order valence-electron chi connectivity index (χ4n) is 1.49. The minimum atomic E-state index is 0.542. The van der Waals surface area contributed by atoms with Gasteiger partial charge in [-0.15, -0.1) is 0 Å². The van der Waals surface area contributed by atoms with Crippen LogP contribution in [0.2, 0.25) is 0 Å². The van der Waals surface area contributed by atoms with E-state index in [4.69, 9.17) is 5.73 Å². The first-order valence-electron chi connectivity index (χ1n) is 4.41. The summed E-state index contributed by atoms with van der Waals surface area (Å²) >= 11 is 0. The topological polar surface area (TPSA) is 67.6 Å². The fraction of sp³-hybridized carbons (Fsp3) is 0.200. The van der Waals surface area contributed by atoms with Gasteiger partial charge >= 0.3 is 0 Å². The third-order valence-corrected chi connectivity index (χ3v) is 2.11. The summed E-state index contributed by atoms with van der Waals surface area (Å²) in [6.45, 7) is 3.91. The highest BCUT2D eigenvalue weighted by molar-refractivity contribution is 5.67. The molecule has 0 radical (unpaired) electrons. The summed E-state index contributed by atoms with van der Waals surface area (Å²) in [5.41, 5.74) is 9.76. The van der Waals surface area contributed by atoms with E-state index in [9.17, 15) is 0 Å². The van der Waals surface area contributed by atoms with Crippen molar-refractivity contribution >= 4 is 5.82 Å². The van der Waals surface area contributed by atoms with Gasteiger partial charge in [-0.1, -0.05) is 0 Å². The molecule has 0 aliphatic rings. The van der Waals surface area contributed by atoms with Gasteiger partial charge in [0.05, 0.1) is 6.20 Å². The van der Waals surface area contributed by atoms with Crippen LogP contribution in [0.3, 0.4) is 0 Å². The Bertz CT molecular complexity index is 439. The summed E-state index contributed by atoms with van der Waals surface area (Å²) in [7, 11) is 0. The Hall–Kier alpha value is -1.84. The zero-order valence-corrected chi connectivity index (χ0v) is 8.20. The SMILES string of the molecule is Cc1cc(-c2cn[nH]c2C)cc(N)n1. The van der Waals surface area contributed by atoms with Crippen molar-refractivity contribution < 1.29 is 0 Å². The summed E-state index contributed by atoms with van der Waals surface area (Å²) < 4.78 is 0. The molecule has 0 bridgehead atoms. The van der Waals surface area contributed by atoms with Crippen LogP contribution in [0.4, 0.5) is 5.82 Å². The predicted octanol–water partition coefficient (Wildman–Crippen LogP) is 1.67. The summed E-state index contributed by atoms with van der Waals surface area (Å²) in [6.07, 6.45) is 1.80. The number of nitrogens with one attached hydrogen (secondary N) is 1. The van der Waals surface area contributed by atoms with E-state index in [2.05, 4.69) is 15.2 Å². The Kier molecular flexibility index (Phi) is 1.96. The summed E-state index contributed by atoms with van der Waals surface area (Å²) in [5.74, 6) is 0.542. The molecule has 0 amide bonds. The smallest absolute Gasteiger partial charge is 0.124 e. The number of aromatic amines is 1. The van der Waals surface area contributed by atoms with Crippen LogP contribution in [-0.2, 0) is 0 Å². The molecular weight excluding hydrogens is 176 g/mol. The minimum Gasteiger partial charge on any atom is -0.384 e. The molecule has 4 heteroatoms. The zero-order valence-electron chi connectivity index (χ0n) is 8.20. The molecular formula is C10H12N4. The molecule has 2 aromatic heterocycles. The van der Waals surface area contributed by atoms with E-state index in [1.54, 1.807) is 6.20 Å². The Balaban J connectivity index is 2.57. The molecule has 0 aliphatic carbocycles. The molecule has 0 aliphatic heterocycles. The number of anilines is 1. The number of pyridine rings is 1. The third kappa shape index (κ3) is 1.46. The van der Waals surface area contributed by atoms with E-state index in [1.807, 2.05) is 26.0 Å². The maximum Gasteiger partial charge on any atom is 0.124 e. The number of aromatic nitrogens is 3. The van der Waals surface area contributed by atoms with Gasteiger partial charge in [0.15, 0.2) is 0 Å². The quantitative estimate of drug-likeness (QED) is 0.715. The van der Waals surface area contributed by atoms with Crippen molar-refractivity contribution in [1.82, 2.24) is 15.2 Å². The van der Waals surface area contributed by atoms with E-state index in [-0.39, 0.29) is 0 Å². The molecule has 0 aromatic carbocycles. The van der Waals surface area contributed by atoms with E-state index < -0.39 is 0 Å². The van der Waals surface area contributed by atoms with Crippen molar-refractivity contribution in [1.29, 1.82) is 0 Å². The van der Waals surface area contributed by atoms with Crippen molar-refractivity contribution in [2.75, 3.05) is 5.73 Å². The second-order valence-corrected chi connectivity index (χ2v) is 3.33. The van der Waals surface area contributed by atoms with Crippen molar-refractivity contribution in [2.24, 2.45) is 0 Å². The molecule has 0 fully saturated rings. The fourth-order valence-corrected chi connectivity index (χ4v) is 1.49. The number of hydrogen-bond donors (Lipinski definition) is 2. The lowest BCUT2D eigenvalue weighted by Gasteiger charge is -2.02. The average Bonchev–Trinajstić information content (AvgIpc) is 2.49.